The molecule has 0 bridgehead atoms. The summed E-state index contributed by atoms with van der Waals surface area (Å²) in [7, 11) is 1.67. The Balaban J connectivity index is 1.95. The van der Waals surface area contributed by atoms with Crippen molar-refractivity contribution in [3.05, 3.63) is 11.7 Å². The molecule has 0 radical (unpaired) electrons. The Morgan fingerprint density at radius 1 is 1.62 bits per heavy atom. The molecule has 0 amide bonds. The summed E-state index contributed by atoms with van der Waals surface area (Å²) >= 11 is 0. The van der Waals surface area contributed by atoms with Gasteiger partial charge in [-0.15, -0.1) is 0 Å². The van der Waals surface area contributed by atoms with E-state index in [0.29, 0.717) is 24.7 Å². The molecule has 2 unspecified atom stereocenters. The highest BCUT2D eigenvalue weighted by Crippen LogP contribution is 2.16. The smallest absolute Gasteiger partial charge is 0.257 e. The van der Waals surface area contributed by atoms with E-state index in [9.17, 15) is 0 Å². The summed E-state index contributed by atoms with van der Waals surface area (Å²) in [6.07, 6.45) is 0.629. The van der Waals surface area contributed by atoms with Gasteiger partial charge < -0.3 is 19.3 Å². The first-order valence-electron chi connectivity index (χ1n) is 5.47. The van der Waals surface area contributed by atoms with Crippen molar-refractivity contribution in [3.8, 4) is 0 Å². The lowest BCUT2D eigenvalue weighted by atomic mass is 10.2. The number of hydrogen-bond donors (Lipinski definition) is 1. The average molecular weight is 227 g/mol. The van der Waals surface area contributed by atoms with E-state index < -0.39 is 0 Å². The molecule has 2 heterocycles. The van der Waals surface area contributed by atoms with Crippen molar-refractivity contribution in [2.24, 2.45) is 0 Å². The number of methoxy groups -OCH3 is 1. The van der Waals surface area contributed by atoms with E-state index in [0.717, 1.165) is 13.1 Å². The Bertz CT molecular complexity index is 323. The van der Waals surface area contributed by atoms with E-state index in [1.165, 1.54) is 0 Å². The minimum atomic E-state index is -0.118. The summed E-state index contributed by atoms with van der Waals surface area (Å²) in [5, 5.41) is 7.12. The molecule has 0 aromatic carbocycles. The van der Waals surface area contributed by atoms with E-state index in [1.54, 1.807) is 7.11 Å². The predicted molar refractivity (Wildman–Crippen MR) is 56.0 cm³/mol. The third-order valence-electron chi connectivity index (χ3n) is 2.56. The molecule has 6 heteroatoms. The Labute approximate surface area is 94.3 Å². The summed E-state index contributed by atoms with van der Waals surface area (Å²) in [4.78, 5) is 4.30. The molecule has 1 aromatic rings. The summed E-state index contributed by atoms with van der Waals surface area (Å²) in [6, 6.07) is 0. The van der Waals surface area contributed by atoms with Crippen LogP contribution in [0.3, 0.4) is 0 Å². The van der Waals surface area contributed by atoms with Gasteiger partial charge in [0.25, 0.3) is 5.89 Å². The number of nitrogens with zero attached hydrogens (tertiary/aromatic N) is 2. The van der Waals surface area contributed by atoms with Crippen molar-refractivity contribution in [2.45, 2.75) is 25.6 Å². The second kappa shape index (κ2) is 5.38. The molecule has 6 nitrogen and oxygen atoms in total. The molecule has 0 saturated carbocycles. The first-order chi connectivity index (χ1) is 7.79. The highest BCUT2D eigenvalue weighted by Gasteiger charge is 2.22. The fourth-order valence-corrected chi connectivity index (χ4v) is 1.55. The molecule has 1 fully saturated rings. The van der Waals surface area contributed by atoms with Crippen molar-refractivity contribution in [2.75, 3.05) is 26.8 Å². The maximum Gasteiger partial charge on any atom is 0.257 e. The van der Waals surface area contributed by atoms with Crippen molar-refractivity contribution in [1.82, 2.24) is 15.5 Å². The van der Waals surface area contributed by atoms with Crippen LogP contribution in [0.15, 0.2) is 4.52 Å². The van der Waals surface area contributed by atoms with E-state index in [1.807, 2.05) is 6.92 Å². The maximum atomic E-state index is 5.52. The number of ether oxygens (including phenoxy) is 2. The van der Waals surface area contributed by atoms with E-state index in [2.05, 4.69) is 15.5 Å². The van der Waals surface area contributed by atoms with Gasteiger partial charge in [-0.25, -0.2) is 0 Å². The summed E-state index contributed by atoms with van der Waals surface area (Å²) in [6.45, 7) is 4.24. The molecular weight excluding hydrogens is 210 g/mol. The van der Waals surface area contributed by atoms with Crippen LogP contribution in [0.25, 0.3) is 0 Å². The minimum absolute atomic E-state index is 0.0934. The zero-order valence-corrected chi connectivity index (χ0v) is 9.60. The Kier molecular flexibility index (Phi) is 3.87. The third kappa shape index (κ3) is 2.78. The normalized spacial score (nSPS) is 23.2. The van der Waals surface area contributed by atoms with E-state index >= 15 is 0 Å². The number of rotatable bonds is 4. The molecule has 1 N–H and O–H groups in total. The molecule has 0 spiro atoms. The molecule has 1 saturated heterocycles. The number of aromatic nitrogens is 2. The quantitative estimate of drug-likeness (QED) is 0.798. The van der Waals surface area contributed by atoms with Crippen LogP contribution in [0.2, 0.25) is 0 Å². The van der Waals surface area contributed by atoms with E-state index in [4.69, 9.17) is 14.0 Å². The lowest BCUT2D eigenvalue weighted by molar-refractivity contribution is 0.00755. The van der Waals surface area contributed by atoms with Crippen molar-refractivity contribution in [3.63, 3.8) is 0 Å². The van der Waals surface area contributed by atoms with Crippen LogP contribution < -0.4 is 5.32 Å². The van der Waals surface area contributed by atoms with Crippen molar-refractivity contribution < 1.29 is 14.0 Å². The van der Waals surface area contributed by atoms with Gasteiger partial charge >= 0.3 is 0 Å². The molecule has 1 aliphatic rings. The van der Waals surface area contributed by atoms with Gasteiger partial charge in [0, 0.05) is 26.6 Å². The summed E-state index contributed by atoms with van der Waals surface area (Å²) < 4.78 is 15.8. The van der Waals surface area contributed by atoms with Gasteiger partial charge in [0.15, 0.2) is 5.82 Å². The SMILES string of the molecule is COC(C)Cc1noc(C2CNCCO2)n1. The lowest BCUT2D eigenvalue weighted by Crippen LogP contribution is -2.33. The van der Waals surface area contributed by atoms with E-state index in [-0.39, 0.29) is 12.2 Å². The zero-order valence-electron chi connectivity index (χ0n) is 9.60. The van der Waals surface area contributed by atoms with Crippen LogP contribution in [0, 0.1) is 0 Å². The predicted octanol–water partition coefficient (Wildman–Crippen LogP) is 0.308. The molecule has 90 valence electrons. The fourth-order valence-electron chi connectivity index (χ4n) is 1.55. The lowest BCUT2D eigenvalue weighted by Gasteiger charge is -2.19. The molecule has 1 aliphatic heterocycles. The Morgan fingerprint density at radius 3 is 3.19 bits per heavy atom. The zero-order chi connectivity index (χ0) is 11.4. The van der Waals surface area contributed by atoms with Crippen molar-refractivity contribution in [1.29, 1.82) is 0 Å². The fraction of sp³-hybridized carbons (Fsp3) is 0.800. The summed E-state index contributed by atoms with van der Waals surface area (Å²) in [5.74, 6) is 1.21. The van der Waals surface area contributed by atoms with Crippen LogP contribution in [0.1, 0.15) is 24.7 Å². The highest BCUT2D eigenvalue weighted by atomic mass is 16.5. The van der Waals surface area contributed by atoms with Gasteiger partial charge in [-0.05, 0) is 6.92 Å². The van der Waals surface area contributed by atoms with Crippen LogP contribution in [-0.4, -0.2) is 43.1 Å². The highest BCUT2D eigenvalue weighted by molar-refractivity contribution is 4.93. The van der Waals surface area contributed by atoms with Crippen molar-refractivity contribution >= 4 is 0 Å². The van der Waals surface area contributed by atoms with Gasteiger partial charge in [0.05, 0.1) is 12.7 Å². The minimum Gasteiger partial charge on any atom is -0.381 e. The molecule has 2 rings (SSSR count). The molecule has 2 atom stereocenters. The topological polar surface area (TPSA) is 69.4 Å². The van der Waals surface area contributed by atoms with Gasteiger partial charge in [-0.1, -0.05) is 5.16 Å². The number of morpholine rings is 1. The summed E-state index contributed by atoms with van der Waals surface area (Å²) in [5.41, 5.74) is 0. The Hall–Kier alpha value is -0.980. The second-order valence-electron chi connectivity index (χ2n) is 3.86. The molecule has 16 heavy (non-hydrogen) atoms. The molecular formula is C10H17N3O3. The number of nitrogens with one attached hydrogen (secondary N) is 1. The first kappa shape index (κ1) is 11.5. The standard InChI is InChI=1S/C10H17N3O3/c1-7(14-2)5-9-12-10(16-13-9)8-6-11-3-4-15-8/h7-8,11H,3-6H2,1-2H3. The average Bonchev–Trinajstić information content (AvgIpc) is 2.78. The third-order valence-corrected chi connectivity index (χ3v) is 2.56. The molecule has 0 aliphatic carbocycles. The Morgan fingerprint density at radius 2 is 2.50 bits per heavy atom. The van der Waals surface area contributed by atoms with Crippen LogP contribution >= 0.6 is 0 Å². The van der Waals surface area contributed by atoms with Crippen LogP contribution in [0.4, 0.5) is 0 Å². The molecule has 1 aromatic heterocycles. The van der Waals surface area contributed by atoms with Gasteiger partial charge in [0.2, 0.25) is 0 Å². The van der Waals surface area contributed by atoms with Gasteiger partial charge in [-0.3, -0.25) is 0 Å². The monoisotopic (exact) mass is 227 g/mol. The van der Waals surface area contributed by atoms with Crippen LogP contribution in [0.5, 0.6) is 0 Å². The van der Waals surface area contributed by atoms with Crippen LogP contribution in [-0.2, 0) is 15.9 Å². The van der Waals surface area contributed by atoms with Gasteiger partial charge in [0.1, 0.15) is 6.10 Å². The first-order valence-corrected chi connectivity index (χ1v) is 5.47. The second-order valence-corrected chi connectivity index (χ2v) is 3.86. The largest absolute Gasteiger partial charge is 0.381 e. The maximum absolute atomic E-state index is 5.52. The number of hydrogen-bond acceptors (Lipinski definition) is 6. The van der Waals surface area contributed by atoms with Gasteiger partial charge in [-0.2, -0.15) is 4.98 Å².